The highest BCUT2D eigenvalue weighted by molar-refractivity contribution is 5.82. The lowest BCUT2D eigenvalue weighted by Crippen LogP contribution is -2.44. The molecule has 2 aliphatic rings. The molecular weight excluding hydrogens is 256 g/mol. The molecule has 3 unspecified atom stereocenters. The summed E-state index contributed by atoms with van der Waals surface area (Å²) in [6.07, 6.45) is 7.06. The van der Waals surface area contributed by atoms with Gasteiger partial charge in [-0.25, -0.2) is 0 Å². The lowest BCUT2D eigenvalue weighted by atomic mass is 9.85. The molecule has 0 aromatic heterocycles. The van der Waals surface area contributed by atoms with E-state index in [1.54, 1.807) is 4.90 Å². The Kier molecular flexibility index (Phi) is 5.40. The van der Waals surface area contributed by atoms with Crippen molar-refractivity contribution >= 4 is 11.9 Å². The summed E-state index contributed by atoms with van der Waals surface area (Å²) in [5, 5.41) is 3.50. The molecule has 1 aliphatic carbocycles. The van der Waals surface area contributed by atoms with Crippen molar-refractivity contribution in [2.75, 3.05) is 20.7 Å². The Labute approximate surface area is 121 Å². The van der Waals surface area contributed by atoms with Crippen molar-refractivity contribution in [2.24, 2.45) is 5.92 Å². The zero-order valence-electron chi connectivity index (χ0n) is 12.6. The molecule has 1 heterocycles. The fourth-order valence-electron chi connectivity index (χ4n) is 3.45. The van der Waals surface area contributed by atoms with Gasteiger partial charge in [0, 0.05) is 26.1 Å². The van der Waals surface area contributed by atoms with E-state index in [1.165, 1.54) is 32.8 Å². The van der Waals surface area contributed by atoms with Gasteiger partial charge in [-0.2, -0.15) is 0 Å². The molecule has 1 amide bonds. The fraction of sp³-hybridized carbons (Fsp3) is 0.867. The predicted molar refractivity (Wildman–Crippen MR) is 76.2 cm³/mol. The van der Waals surface area contributed by atoms with Gasteiger partial charge in [-0.1, -0.05) is 12.8 Å². The van der Waals surface area contributed by atoms with Gasteiger partial charge in [-0.05, 0) is 31.6 Å². The number of carbonyl (C=O) groups is 2. The fourth-order valence-corrected chi connectivity index (χ4v) is 3.45. The standard InChI is InChI=1S/C15H26N2O3/c1-17(9-5-8-14(18)20-2)15(19)13-10-11-6-3-4-7-12(11)16-13/h11-13,16H,3-10H2,1-2H3. The van der Waals surface area contributed by atoms with E-state index in [1.807, 2.05) is 7.05 Å². The Morgan fingerprint density at radius 1 is 1.30 bits per heavy atom. The van der Waals surface area contributed by atoms with Gasteiger partial charge in [0.15, 0.2) is 0 Å². The third kappa shape index (κ3) is 3.72. The van der Waals surface area contributed by atoms with E-state index < -0.39 is 0 Å². The first-order valence-electron chi connectivity index (χ1n) is 7.69. The predicted octanol–water partition coefficient (Wildman–Crippen LogP) is 1.32. The van der Waals surface area contributed by atoms with Crippen molar-refractivity contribution < 1.29 is 14.3 Å². The summed E-state index contributed by atoms with van der Waals surface area (Å²) in [5.41, 5.74) is 0. The van der Waals surface area contributed by atoms with Crippen molar-refractivity contribution in [3.05, 3.63) is 0 Å². The molecule has 114 valence electrons. The molecule has 0 bridgehead atoms. The normalized spacial score (nSPS) is 28.8. The van der Waals surface area contributed by atoms with Crippen LogP contribution in [0.3, 0.4) is 0 Å². The second kappa shape index (κ2) is 7.07. The van der Waals surface area contributed by atoms with E-state index in [9.17, 15) is 9.59 Å². The molecule has 1 aliphatic heterocycles. The Morgan fingerprint density at radius 2 is 2.05 bits per heavy atom. The van der Waals surface area contributed by atoms with Crippen LogP contribution in [0.2, 0.25) is 0 Å². The van der Waals surface area contributed by atoms with E-state index in [0.29, 0.717) is 31.3 Å². The maximum atomic E-state index is 12.4. The lowest BCUT2D eigenvalue weighted by molar-refractivity contribution is -0.141. The number of nitrogens with one attached hydrogen (secondary N) is 1. The summed E-state index contributed by atoms with van der Waals surface area (Å²) < 4.78 is 4.60. The Balaban J connectivity index is 1.74. The minimum absolute atomic E-state index is 0.0220. The largest absolute Gasteiger partial charge is 0.469 e. The third-order valence-corrected chi connectivity index (χ3v) is 4.64. The van der Waals surface area contributed by atoms with Gasteiger partial charge in [-0.3, -0.25) is 9.59 Å². The molecule has 0 spiro atoms. The minimum Gasteiger partial charge on any atom is -0.469 e. The molecule has 20 heavy (non-hydrogen) atoms. The minimum atomic E-state index is -0.212. The van der Waals surface area contributed by atoms with Gasteiger partial charge in [0.1, 0.15) is 0 Å². The van der Waals surface area contributed by atoms with Crippen LogP contribution >= 0.6 is 0 Å². The van der Waals surface area contributed by atoms with Crippen LogP contribution in [0.15, 0.2) is 0 Å². The topological polar surface area (TPSA) is 58.6 Å². The molecule has 2 fully saturated rings. The molecule has 0 radical (unpaired) electrons. The first kappa shape index (κ1) is 15.3. The van der Waals surface area contributed by atoms with Crippen LogP contribution in [0.1, 0.15) is 44.9 Å². The van der Waals surface area contributed by atoms with Gasteiger partial charge in [0.25, 0.3) is 0 Å². The van der Waals surface area contributed by atoms with Crippen LogP contribution in [0, 0.1) is 5.92 Å². The summed E-state index contributed by atoms with van der Waals surface area (Å²) in [7, 11) is 3.21. The highest BCUT2D eigenvalue weighted by Gasteiger charge is 2.38. The Hall–Kier alpha value is -1.10. The second-order valence-corrected chi connectivity index (χ2v) is 6.05. The first-order chi connectivity index (χ1) is 9.61. The summed E-state index contributed by atoms with van der Waals surface area (Å²) in [6, 6.07) is 0.521. The Morgan fingerprint density at radius 3 is 2.75 bits per heavy atom. The third-order valence-electron chi connectivity index (χ3n) is 4.64. The average Bonchev–Trinajstić information content (AvgIpc) is 2.89. The van der Waals surface area contributed by atoms with E-state index in [0.717, 1.165) is 6.42 Å². The van der Waals surface area contributed by atoms with Crippen LogP contribution in [0.5, 0.6) is 0 Å². The molecule has 5 heteroatoms. The van der Waals surface area contributed by atoms with Crippen LogP contribution < -0.4 is 5.32 Å². The summed E-state index contributed by atoms with van der Waals surface area (Å²) in [5.74, 6) is 0.640. The molecule has 3 atom stereocenters. The molecule has 0 aromatic rings. The first-order valence-corrected chi connectivity index (χ1v) is 7.69. The zero-order valence-corrected chi connectivity index (χ0v) is 12.6. The molecule has 1 saturated heterocycles. The van der Waals surface area contributed by atoms with Gasteiger partial charge < -0.3 is 15.0 Å². The molecule has 1 saturated carbocycles. The monoisotopic (exact) mass is 282 g/mol. The zero-order chi connectivity index (χ0) is 14.5. The van der Waals surface area contributed by atoms with Gasteiger partial charge in [0.05, 0.1) is 13.2 Å². The van der Waals surface area contributed by atoms with Crippen molar-refractivity contribution in [1.82, 2.24) is 10.2 Å². The number of nitrogens with zero attached hydrogens (tertiary/aromatic N) is 1. The molecule has 5 nitrogen and oxygen atoms in total. The number of methoxy groups -OCH3 is 1. The number of carbonyl (C=O) groups excluding carboxylic acids is 2. The highest BCUT2D eigenvalue weighted by atomic mass is 16.5. The molecular formula is C15H26N2O3. The smallest absolute Gasteiger partial charge is 0.305 e. The van der Waals surface area contributed by atoms with Crippen molar-refractivity contribution in [3.63, 3.8) is 0 Å². The number of hydrogen-bond acceptors (Lipinski definition) is 4. The number of hydrogen-bond donors (Lipinski definition) is 1. The van der Waals surface area contributed by atoms with E-state index in [-0.39, 0.29) is 17.9 Å². The number of rotatable bonds is 5. The summed E-state index contributed by atoms with van der Waals surface area (Å²) in [4.78, 5) is 25.2. The number of fused-ring (bicyclic) bond motifs is 1. The van der Waals surface area contributed by atoms with Crippen molar-refractivity contribution in [2.45, 2.75) is 57.0 Å². The second-order valence-electron chi connectivity index (χ2n) is 6.05. The van der Waals surface area contributed by atoms with Crippen molar-refractivity contribution in [3.8, 4) is 0 Å². The van der Waals surface area contributed by atoms with Gasteiger partial charge >= 0.3 is 5.97 Å². The van der Waals surface area contributed by atoms with E-state index in [4.69, 9.17) is 0 Å². The van der Waals surface area contributed by atoms with Crippen LogP contribution in [0.4, 0.5) is 0 Å². The number of esters is 1. The lowest BCUT2D eigenvalue weighted by Gasteiger charge is -2.24. The van der Waals surface area contributed by atoms with E-state index in [2.05, 4.69) is 10.1 Å². The van der Waals surface area contributed by atoms with Gasteiger partial charge in [0.2, 0.25) is 5.91 Å². The van der Waals surface area contributed by atoms with Crippen LogP contribution in [-0.4, -0.2) is 49.6 Å². The van der Waals surface area contributed by atoms with Crippen molar-refractivity contribution in [1.29, 1.82) is 0 Å². The molecule has 2 rings (SSSR count). The quantitative estimate of drug-likeness (QED) is 0.773. The van der Waals surface area contributed by atoms with Crippen LogP contribution in [-0.2, 0) is 14.3 Å². The average molecular weight is 282 g/mol. The number of likely N-dealkylation sites (N-methyl/N-ethyl adjacent to an activating group) is 1. The maximum absolute atomic E-state index is 12.4. The number of ether oxygens (including phenoxy) is 1. The molecule has 1 N–H and O–H groups in total. The van der Waals surface area contributed by atoms with Crippen LogP contribution in [0.25, 0.3) is 0 Å². The van der Waals surface area contributed by atoms with Gasteiger partial charge in [-0.15, -0.1) is 0 Å². The highest BCUT2D eigenvalue weighted by Crippen LogP contribution is 2.33. The molecule has 0 aromatic carbocycles. The Bertz CT molecular complexity index is 345. The van der Waals surface area contributed by atoms with E-state index >= 15 is 0 Å². The maximum Gasteiger partial charge on any atom is 0.305 e. The number of amides is 1. The SMILES string of the molecule is COC(=O)CCCN(C)C(=O)C1CC2CCCCC2N1. The summed E-state index contributed by atoms with van der Waals surface area (Å²) in [6.45, 7) is 0.613. The summed E-state index contributed by atoms with van der Waals surface area (Å²) >= 11 is 0.